The molecule has 0 radical (unpaired) electrons. The van der Waals surface area contributed by atoms with Crippen LogP contribution in [0.15, 0.2) is 0 Å². The maximum absolute atomic E-state index is 11.5. The Morgan fingerprint density at radius 1 is 1.80 bits per heavy atom. The van der Waals surface area contributed by atoms with Crippen molar-refractivity contribution < 1.29 is 14.3 Å². The van der Waals surface area contributed by atoms with Crippen molar-refractivity contribution in [3.8, 4) is 6.07 Å². The topological polar surface area (TPSA) is 62.6 Å². The first-order chi connectivity index (χ1) is 7.20. The van der Waals surface area contributed by atoms with Crippen LogP contribution in [0.2, 0.25) is 0 Å². The lowest BCUT2D eigenvalue weighted by Gasteiger charge is -2.37. The van der Waals surface area contributed by atoms with E-state index in [1.807, 2.05) is 11.8 Å². The van der Waals surface area contributed by atoms with Crippen LogP contribution in [0.3, 0.4) is 0 Å². The van der Waals surface area contributed by atoms with Gasteiger partial charge in [-0.15, -0.1) is 0 Å². The van der Waals surface area contributed by atoms with Gasteiger partial charge in [-0.3, -0.25) is 9.69 Å². The van der Waals surface area contributed by atoms with Gasteiger partial charge in [0.2, 0.25) is 0 Å². The van der Waals surface area contributed by atoms with Crippen molar-refractivity contribution in [2.75, 3.05) is 26.9 Å². The summed E-state index contributed by atoms with van der Waals surface area (Å²) >= 11 is 0. The number of carbonyl (C=O) groups is 1. The predicted octanol–water partition coefficient (Wildman–Crippen LogP) is 0.162. The first kappa shape index (κ1) is 12.0. The van der Waals surface area contributed by atoms with E-state index in [0.29, 0.717) is 26.2 Å². The third-order valence-corrected chi connectivity index (χ3v) is 2.60. The molecule has 1 aliphatic rings. The van der Waals surface area contributed by atoms with Crippen LogP contribution in [0, 0.1) is 11.3 Å². The van der Waals surface area contributed by atoms with Crippen molar-refractivity contribution in [2.45, 2.75) is 25.4 Å². The average molecular weight is 212 g/mol. The molecule has 5 nitrogen and oxygen atoms in total. The molecule has 0 N–H and O–H groups in total. The van der Waals surface area contributed by atoms with E-state index >= 15 is 0 Å². The van der Waals surface area contributed by atoms with Gasteiger partial charge >= 0.3 is 5.97 Å². The van der Waals surface area contributed by atoms with Gasteiger partial charge in [-0.25, -0.2) is 0 Å². The number of ether oxygens (including phenoxy) is 2. The SMILES string of the molecule is COC(=O)C1COCCN1C(C)CC#N. The number of methoxy groups -OCH3 is 1. The van der Waals surface area contributed by atoms with E-state index in [1.54, 1.807) is 0 Å². The third-order valence-electron chi connectivity index (χ3n) is 2.60. The van der Waals surface area contributed by atoms with Gasteiger partial charge in [0.1, 0.15) is 6.04 Å². The molecule has 0 aromatic heterocycles. The first-order valence-electron chi connectivity index (χ1n) is 4.99. The van der Waals surface area contributed by atoms with Gasteiger partial charge in [-0.05, 0) is 6.92 Å². The summed E-state index contributed by atoms with van der Waals surface area (Å²) in [7, 11) is 1.37. The molecule has 15 heavy (non-hydrogen) atoms. The van der Waals surface area contributed by atoms with Crippen LogP contribution >= 0.6 is 0 Å². The van der Waals surface area contributed by atoms with Crippen molar-refractivity contribution in [3.63, 3.8) is 0 Å². The van der Waals surface area contributed by atoms with Crippen LogP contribution in [0.1, 0.15) is 13.3 Å². The van der Waals surface area contributed by atoms with E-state index in [1.165, 1.54) is 7.11 Å². The molecule has 1 heterocycles. The molecular formula is C10H16N2O3. The van der Waals surface area contributed by atoms with Gasteiger partial charge in [-0.2, -0.15) is 5.26 Å². The minimum Gasteiger partial charge on any atom is -0.468 e. The molecule has 2 atom stereocenters. The molecule has 1 rings (SSSR count). The molecule has 5 heteroatoms. The Morgan fingerprint density at radius 3 is 3.13 bits per heavy atom. The van der Waals surface area contributed by atoms with E-state index < -0.39 is 0 Å². The van der Waals surface area contributed by atoms with Crippen LogP contribution in [0.5, 0.6) is 0 Å². The normalized spacial score (nSPS) is 24.2. The second-order valence-electron chi connectivity index (χ2n) is 3.56. The molecule has 1 aliphatic heterocycles. The third kappa shape index (κ3) is 2.91. The number of nitrogens with zero attached hydrogens (tertiary/aromatic N) is 2. The largest absolute Gasteiger partial charge is 0.468 e. The van der Waals surface area contributed by atoms with Gasteiger partial charge in [0, 0.05) is 12.6 Å². The van der Waals surface area contributed by atoms with Gasteiger partial charge in [-0.1, -0.05) is 0 Å². The first-order valence-corrected chi connectivity index (χ1v) is 4.99. The minimum atomic E-state index is -0.368. The van der Waals surface area contributed by atoms with Gasteiger partial charge in [0.25, 0.3) is 0 Å². The maximum Gasteiger partial charge on any atom is 0.325 e. The Hall–Kier alpha value is -1.12. The highest BCUT2D eigenvalue weighted by molar-refractivity contribution is 5.76. The lowest BCUT2D eigenvalue weighted by Crippen LogP contribution is -2.53. The molecule has 2 unspecified atom stereocenters. The summed E-state index contributed by atoms with van der Waals surface area (Å²) in [5, 5.41) is 8.63. The Kier molecular flexibility index (Phi) is 4.53. The molecular weight excluding hydrogens is 196 g/mol. The summed E-state index contributed by atoms with van der Waals surface area (Å²) in [5.41, 5.74) is 0. The Bertz CT molecular complexity index is 262. The van der Waals surface area contributed by atoms with Crippen molar-refractivity contribution >= 4 is 5.97 Å². The molecule has 0 amide bonds. The zero-order chi connectivity index (χ0) is 11.3. The van der Waals surface area contributed by atoms with E-state index in [0.717, 1.165) is 0 Å². The standard InChI is InChI=1S/C10H16N2O3/c1-8(3-4-11)12-5-6-15-7-9(12)10(13)14-2/h8-9H,3,5-7H2,1-2H3. The average Bonchev–Trinajstić information content (AvgIpc) is 2.28. The maximum atomic E-state index is 11.5. The van der Waals surface area contributed by atoms with E-state index in [9.17, 15) is 4.79 Å². The quantitative estimate of drug-likeness (QED) is 0.624. The van der Waals surface area contributed by atoms with Crippen LogP contribution < -0.4 is 0 Å². The Balaban J connectivity index is 2.65. The fourth-order valence-electron chi connectivity index (χ4n) is 1.73. The minimum absolute atomic E-state index is 0.0583. The summed E-state index contributed by atoms with van der Waals surface area (Å²) in [6.07, 6.45) is 0.410. The van der Waals surface area contributed by atoms with Crippen molar-refractivity contribution in [1.82, 2.24) is 4.90 Å². The van der Waals surface area contributed by atoms with E-state index in [4.69, 9.17) is 14.7 Å². The highest BCUT2D eigenvalue weighted by atomic mass is 16.5. The van der Waals surface area contributed by atoms with Crippen molar-refractivity contribution in [1.29, 1.82) is 5.26 Å². The molecule has 0 aliphatic carbocycles. The molecule has 1 fully saturated rings. The van der Waals surface area contributed by atoms with Crippen molar-refractivity contribution in [3.05, 3.63) is 0 Å². The van der Waals surface area contributed by atoms with Crippen LogP contribution in [-0.2, 0) is 14.3 Å². The fourth-order valence-corrected chi connectivity index (χ4v) is 1.73. The summed E-state index contributed by atoms with van der Waals surface area (Å²) < 4.78 is 9.94. The Labute approximate surface area is 89.6 Å². The molecule has 0 spiro atoms. The number of rotatable bonds is 3. The lowest BCUT2D eigenvalue weighted by molar-refractivity contribution is -0.154. The second kappa shape index (κ2) is 5.69. The summed E-state index contributed by atoms with van der Waals surface area (Å²) in [4.78, 5) is 13.4. The number of morpholine rings is 1. The Morgan fingerprint density at radius 2 is 2.53 bits per heavy atom. The van der Waals surface area contributed by atoms with Crippen LogP contribution in [0.4, 0.5) is 0 Å². The number of nitriles is 1. The van der Waals surface area contributed by atoms with Crippen LogP contribution in [-0.4, -0.2) is 49.8 Å². The number of hydrogen-bond acceptors (Lipinski definition) is 5. The number of carbonyl (C=O) groups excluding carboxylic acids is 1. The van der Waals surface area contributed by atoms with Crippen molar-refractivity contribution in [2.24, 2.45) is 0 Å². The van der Waals surface area contributed by atoms with E-state index in [-0.39, 0.29) is 18.1 Å². The second-order valence-corrected chi connectivity index (χ2v) is 3.56. The van der Waals surface area contributed by atoms with Gasteiger partial charge < -0.3 is 9.47 Å². The highest BCUT2D eigenvalue weighted by Gasteiger charge is 2.32. The number of hydrogen-bond donors (Lipinski definition) is 0. The molecule has 0 saturated carbocycles. The highest BCUT2D eigenvalue weighted by Crippen LogP contribution is 2.14. The molecule has 1 saturated heterocycles. The molecule has 84 valence electrons. The zero-order valence-corrected chi connectivity index (χ0v) is 9.10. The van der Waals surface area contributed by atoms with Gasteiger partial charge in [0.05, 0.1) is 32.8 Å². The smallest absolute Gasteiger partial charge is 0.325 e. The lowest BCUT2D eigenvalue weighted by atomic mass is 10.1. The molecule has 0 aromatic rings. The zero-order valence-electron chi connectivity index (χ0n) is 9.10. The monoisotopic (exact) mass is 212 g/mol. The van der Waals surface area contributed by atoms with Gasteiger partial charge in [0.15, 0.2) is 0 Å². The summed E-state index contributed by atoms with van der Waals surface area (Å²) in [5.74, 6) is -0.292. The predicted molar refractivity (Wildman–Crippen MR) is 53.0 cm³/mol. The number of esters is 1. The van der Waals surface area contributed by atoms with E-state index in [2.05, 4.69) is 6.07 Å². The molecule has 0 bridgehead atoms. The summed E-state index contributed by atoms with van der Waals surface area (Å²) in [6, 6.07) is 1.80. The fraction of sp³-hybridized carbons (Fsp3) is 0.800. The van der Waals surface area contributed by atoms with Crippen LogP contribution in [0.25, 0.3) is 0 Å². The summed E-state index contributed by atoms with van der Waals surface area (Å²) in [6.45, 7) is 3.55. The molecule has 0 aromatic carbocycles.